The van der Waals surface area contributed by atoms with Gasteiger partial charge in [-0.05, 0) is 39.7 Å². The van der Waals surface area contributed by atoms with Gasteiger partial charge in [-0.1, -0.05) is 18.5 Å². The Kier molecular flexibility index (Phi) is 4.93. The zero-order chi connectivity index (χ0) is 13.7. The highest BCUT2D eigenvalue weighted by Gasteiger charge is 2.35. The minimum atomic E-state index is -0.361. The van der Waals surface area contributed by atoms with Crippen LogP contribution in [0.2, 0.25) is 0 Å². The zero-order valence-electron chi connectivity index (χ0n) is 12.2. The SMILES string of the molecule is CCCC(Cc1nc(C2(C)CCCCO2)no1)NC. The molecule has 1 saturated heterocycles. The highest BCUT2D eigenvalue weighted by atomic mass is 16.5. The molecule has 0 aliphatic carbocycles. The Labute approximate surface area is 115 Å². The summed E-state index contributed by atoms with van der Waals surface area (Å²) in [5.41, 5.74) is -0.361. The Morgan fingerprint density at radius 3 is 2.89 bits per heavy atom. The zero-order valence-corrected chi connectivity index (χ0v) is 12.2. The number of ether oxygens (including phenoxy) is 1. The van der Waals surface area contributed by atoms with Crippen molar-refractivity contribution in [3.05, 3.63) is 11.7 Å². The van der Waals surface area contributed by atoms with Crippen molar-refractivity contribution in [2.45, 2.75) is 64.0 Å². The van der Waals surface area contributed by atoms with Gasteiger partial charge < -0.3 is 14.6 Å². The third kappa shape index (κ3) is 3.54. The van der Waals surface area contributed by atoms with Crippen LogP contribution in [0.25, 0.3) is 0 Å². The van der Waals surface area contributed by atoms with E-state index in [1.165, 1.54) is 0 Å². The number of aromatic nitrogens is 2. The lowest BCUT2D eigenvalue weighted by molar-refractivity contribution is -0.0770. The van der Waals surface area contributed by atoms with Gasteiger partial charge in [-0.3, -0.25) is 0 Å². The standard InChI is InChI=1S/C14H25N3O2/c1-4-7-11(15-3)10-12-16-13(17-19-12)14(2)8-5-6-9-18-14/h11,15H,4-10H2,1-3H3. The quantitative estimate of drug-likeness (QED) is 0.857. The molecule has 19 heavy (non-hydrogen) atoms. The first-order valence-electron chi connectivity index (χ1n) is 7.32. The molecular weight excluding hydrogens is 242 g/mol. The lowest BCUT2D eigenvalue weighted by Crippen LogP contribution is -2.31. The second-order valence-electron chi connectivity index (χ2n) is 5.53. The fourth-order valence-corrected chi connectivity index (χ4v) is 2.57. The number of likely N-dealkylation sites (N-methyl/N-ethyl adjacent to an activating group) is 1. The van der Waals surface area contributed by atoms with Crippen molar-refractivity contribution in [1.82, 2.24) is 15.5 Å². The summed E-state index contributed by atoms with van der Waals surface area (Å²) in [5, 5.41) is 7.41. The van der Waals surface area contributed by atoms with E-state index in [0.29, 0.717) is 17.8 Å². The van der Waals surface area contributed by atoms with Gasteiger partial charge in [0.15, 0.2) is 0 Å². The van der Waals surface area contributed by atoms with Crippen molar-refractivity contribution < 1.29 is 9.26 Å². The third-order valence-corrected chi connectivity index (χ3v) is 3.88. The van der Waals surface area contributed by atoms with Gasteiger partial charge in [0.1, 0.15) is 5.60 Å². The van der Waals surface area contributed by atoms with Gasteiger partial charge in [-0.15, -0.1) is 0 Å². The highest BCUT2D eigenvalue weighted by Crippen LogP contribution is 2.32. The summed E-state index contributed by atoms with van der Waals surface area (Å²) in [6, 6.07) is 0.401. The molecule has 5 heteroatoms. The van der Waals surface area contributed by atoms with Gasteiger partial charge in [0.05, 0.1) is 0 Å². The van der Waals surface area contributed by atoms with Crippen LogP contribution in [-0.4, -0.2) is 29.8 Å². The van der Waals surface area contributed by atoms with E-state index in [2.05, 4.69) is 29.3 Å². The van der Waals surface area contributed by atoms with Gasteiger partial charge >= 0.3 is 0 Å². The average Bonchev–Trinajstić information content (AvgIpc) is 2.88. The van der Waals surface area contributed by atoms with Crippen LogP contribution in [0.15, 0.2) is 4.52 Å². The van der Waals surface area contributed by atoms with Crippen molar-refractivity contribution in [2.24, 2.45) is 0 Å². The summed E-state index contributed by atoms with van der Waals surface area (Å²) >= 11 is 0. The Morgan fingerprint density at radius 1 is 1.42 bits per heavy atom. The van der Waals surface area contributed by atoms with E-state index < -0.39 is 0 Å². The van der Waals surface area contributed by atoms with Crippen LogP contribution in [0.5, 0.6) is 0 Å². The third-order valence-electron chi connectivity index (χ3n) is 3.88. The van der Waals surface area contributed by atoms with Crippen molar-refractivity contribution in [3.63, 3.8) is 0 Å². The largest absolute Gasteiger partial charge is 0.367 e. The van der Waals surface area contributed by atoms with Gasteiger partial charge in [-0.2, -0.15) is 4.98 Å². The van der Waals surface area contributed by atoms with E-state index in [1.807, 2.05) is 7.05 Å². The molecule has 0 spiro atoms. The van der Waals surface area contributed by atoms with Crippen LogP contribution in [-0.2, 0) is 16.8 Å². The summed E-state index contributed by atoms with van der Waals surface area (Å²) in [4.78, 5) is 4.53. The molecule has 2 unspecified atom stereocenters. The Bertz CT molecular complexity index is 386. The first-order chi connectivity index (χ1) is 9.18. The summed E-state index contributed by atoms with van der Waals surface area (Å²) in [6.07, 6.45) is 6.30. The molecule has 2 heterocycles. The van der Waals surface area contributed by atoms with Crippen LogP contribution in [0.4, 0.5) is 0 Å². The molecule has 2 rings (SSSR count). The minimum absolute atomic E-state index is 0.361. The molecule has 1 aromatic heterocycles. The van der Waals surface area contributed by atoms with E-state index in [9.17, 15) is 0 Å². The Morgan fingerprint density at radius 2 is 2.26 bits per heavy atom. The smallest absolute Gasteiger partial charge is 0.228 e. The number of hydrogen-bond donors (Lipinski definition) is 1. The van der Waals surface area contributed by atoms with Gasteiger partial charge in [0, 0.05) is 19.1 Å². The van der Waals surface area contributed by atoms with E-state index in [4.69, 9.17) is 9.26 Å². The monoisotopic (exact) mass is 267 g/mol. The van der Waals surface area contributed by atoms with Gasteiger partial charge in [0.2, 0.25) is 11.7 Å². The van der Waals surface area contributed by atoms with E-state index in [1.54, 1.807) is 0 Å². The normalized spacial score (nSPS) is 25.4. The maximum absolute atomic E-state index is 5.84. The molecule has 1 aliphatic rings. The molecule has 1 aromatic rings. The topological polar surface area (TPSA) is 60.2 Å². The molecule has 1 fully saturated rings. The lowest BCUT2D eigenvalue weighted by atomic mass is 9.95. The molecule has 108 valence electrons. The second kappa shape index (κ2) is 6.48. The molecule has 0 amide bonds. The fourth-order valence-electron chi connectivity index (χ4n) is 2.57. The second-order valence-corrected chi connectivity index (χ2v) is 5.53. The van der Waals surface area contributed by atoms with Crippen LogP contribution in [0, 0.1) is 0 Å². The van der Waals surface area contributed by atoms with E-state index in [-0.39, 0.29) is 5.60 Å². The van der Waals surface area contributed by atoms with Crippen LogP contribution < -0.4 is 5.32 Å². The number of hydrogen-bond acceptors (Lipinski definition) is 5. The minimum Gasteiger partial charge on any atom is -0.367 e. The molecule has 0 radical (unpaired) electrons. The summed E-state index contributed by atoms with van der Waals surface area (Å²) in [5.74, 6) is 1.41. The van der Waals surface area contributed by atoms with E-state index in [0.717, 1.165) is 45.1 Å². The molecular formula is C14H25N3O2. The maximum Gasteiger partial charge on any atom is 0.228 e. The molecule has 1 N–H and O–H groups in total. The first kappa shape index (κ1) is 14.5. The van der Waals surface area contributed by atoms with Gasteiger partial charge in [-0.25, -0.2) is 0 Å². The van der Waals surface area contributed by atoms with Crippen LogP contribution in [0.1, 0.15) is 57.7 Å². The molecule has 0 aromatic carbocycles. The number of nitrogens with one attached hydrogen (secondary N) is 1. The first-order valence-corrected chi connectivity index (χ1v) is 7.32. The summed E-state index contributed by atoms with van der Waals surface area (Å²) < 4.78 is 11.2. The van der Waals surface area contributed by atoms with Crippen LogP contribution in [0.3, 0.4) is 0 Å². The maximum atomic E-state index is 5.84. The molecule has 1 aliphatic heterocycles. The van der Waals surface area contributed by atoms with Crippen molar-refractivity contribution in [2.75, 3.05) is 13.7 Å². The summed E-state index contributed by atoms with van der Waals surface area (Å²) in [6.45, 7) is 5.03. The van der Waals surface area contributed by atoms with Gasteiger partial charge in [0.25, 0.3) is 0 Å². The highest BCUT2D eigenvalue weighted by molar-refractivity contribution is 5.01. The Hall–Kier alpha value is -0.940. The molecule has 0 saturated carbocycles. The molecule has 2 atom stereocenters. The van der Waals surface area contributed by atoms with Crippen molar-refractivity contribution >= 4 is 0 Å². The average molecular weight is 267 g/mol. The fraction of sp³-hybridized carbons (Fsp3) is 0.857. The van der Waals surface area contributed by atoms with Crippen molar-refractivity contribution in [3.8, 4) is 0 Å². The number of nitrogens with zero attached hydrogens (tertiary/aromatic N) is 2. The predicted octanol–water partition coefficient (Wildman–Crippen LogP) is 2.42. The number of rotatable bonds is 6. The summed E-state index contributed by atoms with van der Waals surface area (Å²) in [7, 11) is 1.98. The van der Waals surface area contributed by atoms with E-state index >= 15 is 0 Å². The van der Waals surface area contributed by atoms with Crippen LogP contribution >= 0.6 is 0 Å². The molecule has 5 nitrogen and oxygen atoms in total. The lowest BCUT2D eigenvalue weighted by Gasteiger charge is -2.30. The Balaban J connectivity index is 2.01. The molecule has 0 bridgehead atoms. The van der Waals surface area contributed by atoms with Crippen molar-refractivity contribution in [1.29, 1.82) is 0 Å². The predicted molar refractivity (Wildman–Crippen MR) is 72.9 cm³/mol.